The van der Waals surface area contributed by atoms with Gasteiger partial charge in [-0.2, -0.15) is 0 Å². The molecule has 3 heterocycles. The number of hydrogen-bond donors (Lipinski definition) is 2. The predicted octanol–water partition coefficient (Wildman–Crippen LogP) is -1.13. The van der Waals surface area contributed by atoms with Crippen molar-refractivity contribution in [1.29, 1.82) is 0 Å². The van der Waals surface area contributed by atoms with Crippen LogP contribution in [-0.2, 0) is 9.47 Å². The molecule has 17 heavy (non-hydrogen) atoms. The second-order valence-electron chi connectivity index (χ2n) is 4.40. The highest BCUT2D eigenvalue weighted by molar-refractivity contribution is 5.08. The Hall–Kier alpha value is -1.21. The van der Waals surface area contributed by atoms with Crippen LogP contribution in [-0.4, -0.2) is 45.8 Å². The van der Waals surface area contributed by atoms with E-state index in [-0.39, 0.29) is 18.8 Å². The Morgan fingerprint density at radius 2 is 2.35 bits per heavy atom. The molecule has 6 nitrogen and oxygen atoms in total. The first-order valence-electron chi connectivity index (χ1n) is 5.43. The van der Waals surface area contributed by atoms with Crippen LogP contribution >= 0.6 is 0 Å². The summed E-state index contributed by atoms with van der Waals surface area (Å²) in [6.45, 7) is -0.184. The third kappa shape index (κ3) is 1.39. The van der Waals surface area contributed by atoms with Crippen molar-refractivity contribution in [1.82, 2.24) is 4.57 Å². The van der Waals surface area contributed by atoms with Gasteiger partial charge in [0.2, 0.25) is 0 Å². The Labute approximate surface area is 97.0 Å². The summed E-state index contributed by atoms with van der Waals surface area (Å²) in [5.41, 5.74) is -1.32. The molecule has 2 N–H and O–H groups in total. The van der Waals surface area contributed by atoms with Gasteiger partial charge in [0.05, 0.1) is 13.2 Å². The standard InChI is InChI=1S/C11H13NO5/c13-5-11-6-16-8(9(11)15)10(17-11)12-4-2-1-3-7(12)14/h1-4,8-10,13,15H,5-6H2/t8?,9-,10-,11+/m1/s1. The van der Waals surface area contributed by atoms with E-state index < -0.39 is 24.0 Å². The maximum absolute atomic E-state index is 11.7. The molecule has 2 aliphatic rings. The molecular formula is C11H13NO5. The molecule has 1 aromatic rings. The molecule has 0 saturated carbocycles. The molecule has 1 unspecified atom stereocenters. The summed E-state index contributed by atoms with van der Waals surface area (Å²) < 4.78 is 12.4. The third-order valence-corrected chi connectivity index (χ3v) is 3.40. The molecule has 0 spiro atoms. The van der Waals surface area contributed by atoms with E-state index in [0.29, 0.717) is 0 Å². The summed E-state index contributed by atoms with van der Waals surface area (Å²) in [5, 5.41) is 19.3. The number of aromatic nitrogens is 1. The van der Waals surface area contributed by atoms with E-state index in [2.05, 4.69) is 0 Å². The lowest BCUT2D eigenvalue weighted by molar-refractivity contribution is -0.187. The fourth-order valence-corrected chi connectivity index (χ4v) is 2.40. The quantitative estimate of drug-likeness (QED) is 0.682. The largest absolute Gasteiger partial charge is 0.393 e. The molecule has 3 rings (SSSR count). The molecule has 92 valence electrons. The Kier molecular flexibility index (Phi) is 2.34. The lowest BCUT2D eigenvalue weighted by atomic mass is 10.0. The zero-order valence-corrected chi connectivity index (χ0v) is 9.02. The van der Waals surface area contributed by atoms with Crippen molar-refractivity contribution >= 4 is 0 Å². The van der Waals surface area contributed by atoms with E-state index in [1.165, 1.54) is 10.6 Å². The van der Waals surface area contributed by atoms with Crippen molar-refractivity contribution < 1.29 is 19.7 Å². The van der Waals surface area contributed by atoms with Crippen LogP contribution < -0.4 is 5.56 Å². The molecule has 4 atom stereocenters. The minimum Gasteiger partial charge on any atom is -0.393 e. The van der Waals surface area contributed by atoms with Crippen LogP contribution in [0.25, 0.3) is 0 Å². The minimum atomic E-state index is -1.09. The van der Waals surface area contributed by atoms with Crippen molar-refractivity contribution in [3.05, 3.63) is 34.7 Å². The van der Waals surface area contributed by atoms with Gasteiger partial charge >= 0.3 is 0 Å². The van der Waals surface area contributed by atoms with E-state index in [4.69, 9.17) is 9.47 Å². The van der Waals surface area contributed by atoms with E-state index in [0.717, 1.165) is 0 Å². The summed E-state index contributed by atoms with van der Waals surface area (Å²) in [6.07, 6.45) is -0.624. The summed E-state index contributed by atoms with van der Waals surface area (Å²) in [6, 6.07) is 4.74. The number of pyridine rings is 1. The van der Waals surface area contributed by atoms with E-state index in [9.17, 15) is 15.0 Å². The van der Waals surface area contributed by atoms with Crippen LogP contribution in [0.5, 0.6) is 0 Å². The van der Waals surface area contributed by atoms with Gasteiger partial charge in [0.25, 0.3) is 5.56 Å². The van der Waals surface area contributed by atoms with Crippen LogP contribution in [0.1, 0.15) is 6.23 Å². The fraction of sp³-hybridized carbons (Fsp3) is 0.545. The summed E-state index contributed by atoms with van der Waals surface area (Å²) in [4.78, 5) is 11.7. The highest BCUT2D eigenvalue weighted by atomic mass is 16.7. The number of aliphatic hydroxyl groups is 2. The van der Waals surface area contributed by atoms with Crippen molar-refractivity contribution in [2.75, 3.05) is 13.2 Å². The molecular weight excluding hydrogens is 226 g/mol. The normalized spacial score (nSPS) is 39.8. The van der Waals surface area contributed by atoms with E-state index in [1.807, 2.05) is 0 Å². The van der Waals surface area contributed by atoms with Gasteiger partial charge < -0.3 is 19.7 Å². The average molecular weight is 239 g/mol. The predicted molar refractivity (Wildman–Crippen MR) is 56.4 cm³/mol. The van der Waals surface area contributed by atoms with Crippen molar-refractivity contribution in [2.24, 2.45) is 0 Å². The molecule has 0 aromatic carbocycles. The monoisotopic (exact) mass is 239 g/mol. The van der Waals surface area contributed by atoms with Gasteiger partial charge in [-0.15, -0.1) is 0 Å². The first-order valence-corrected chi connectivity index (χ1v) is 5.43. The van der Waals surface area contributed by atoms with Crippen molar-refractivity contribution in [3.8, 4) is 0 Å². The van der Waals surface area contributed by atoms with Gasteiger partial charge in [-0.05, 0) is 6.07 Å². The topological polar surface area (TPSA) is 80.9 Å². The third-order valence-electron chi connectivity index (χ3n) is 3.40. The van der Waals surface area contributed by atoms with Crippen LogP contribution in [0.2, 0.25) is 0 Å². The fourth-order valence-electron chi connectivity index (χ4n) is 2.40. The van der Waals surface area contributed by atoms with E-state index in [1.54, 1.807) is 18.3 Å². The highest BCUT2D eigenvalue weighted by Crippen LogP contribution is 2.44. The number of ether oxygens (including phenoxy) is 2. The Morgan fingerprint density at radius 3 is 3.00 bits per heavy atom. The molecule has 0 radical (unpaired) electrons. The van der Waals surface area contributed by atoms with E-state index >= 15 is 0 Å². The molecule has 1 aromatic heterocycles. The smallest absolute Gasteiger partial charge is 0.252 e. The Bertz CT molecular complexity index is 487. The Balaban J connectivity index is 1.99. The molecule has 2 aliphatic heterocycles. The average Bonchev–Trinajstić information content (AvgIpc) is 2.81. The molecule has 0 aliphatic carbocycles. The lowest BCUT2D eigenvalue weighted by Gasteiger charge is -2.29. The van der Waals surface area contributed by atoms with Crippen LogP contribution in [0, 0.1) is 0 Å². The number of aliphatic hydroxyl groups excluding tert-OH is 2. The SMILES string of the molecule is O=c1ccccn1[C@@H]1O[C@@]2(CO)COC1[C@H]2O. The van der Waals surface area contributed by atoms with Gasteiger partial charge in [-0.3, -0.25) is 9.36 Å². The second-order valence-corrected chi connectivity index (χ2v) is 4.40. The number of hydrogen-bond acceptors (Lipinski definition) is 5. The van der Waals surface area contributed by atoms with Gasteiger partial charge in [0.15, 0.2) is 6.23 Å². The molecule has 2 fully saturated rings. The molecule has 6 heteroatoms. The zero-order valence-electron chi connectivity index (χ0n) is 9.02. The minimum absolute atomic E-state index is 0.146. The second kappa shape index (κ2) is 3.64. The van der Waals surface area contributed by atoms with Crippen molar-refractivity contribution in [3.63, 3.8) is 0 Å². The molecule has 2 saturated heterocycles. The zero-order chi connectivity index (χ0) is 12.0. The lowest BCUT2D eigenvalue weighted by Crippen LogP contribution is -2.44. The van der Waals surface area contributed by atoms with Gasteiger partial charge in [-0.1, -0.05) is 6.07 Å². The summed E-state index contributed by atoms with van der Waals surface area (Å²) in [7, 11) is 0. The molecule has 0 amide bonds. The maximum atomic E-state index is 11.7. The molecule has 2 bridgehead atoms. The first kappa shape index (κ1) is 10.9. The van der Waals surface area contributed by atoms with Crippen LogP contribution in [0.3, 0.4) is 0 Å². The maximum Gasteiger partial charge on any atom is 0.252 e. The highest BCUT2D eigenvalue weighted by Gasteiger charge is 2.61. The van der Waals surface area contributed by atoms with Gasteiger partial charge in [0, 0.05) is 12.3 Å². The van der Waals surface area contributed by atoms with Gasteiger partial charge in [-0.25, -0.2) is 0 Å². The first-order chi connectivity index (χ1) is 8.18. The number of rotatable bonds is 2. The van der Waals surface area contributed by atoms with Crippen LogP contribution in [0.15, 0.2) is 29.2 Å². The van der Waals surface area contributed by atoms with Gasteiger partial charge in [0.1, 0.15) is 17.8 Å². The Morgan fingerprint density at radius 1 is 1.53 bits per heavy atom. The summed E-state index contributed by atoms with van der Waals surface area (Å²) in [5.74, 6) is 0. The summed E-state index contributed by atoms with van der Waals surface area (Å²) >= 11 is 0. The van der Waals surface area contributed by atoms with Crippen LogP contribution in [0.4, 0.5) is 0 Å². The number of fused-ring (bicyclic) bond motifs is 2. The number of nitrogens with zero attached hydrogens (tertiary/aromatic N) is 1. The van der Waals surface area contributed by atoms with Crippen molar-refractivity contribution in [2.45, 2.75) is 24.0 Å².